The molecule has 4 aromatic rings. The van der Waals surface area contributed by atoms with Gasteiger partial charge >= 0.3 is 12.1 Å². The van der Waals surface area contributed by atoms with Crippen LogP contribution in [0.2, 0.25) is 0 Å². The number of hydrogen-bond donors (Lipinski definition) is 1. The number of nitrogens with one attached hydrogen (secondary N) is 1. The first-order valence-electron chi connectivity index (χ1n) is 11.0. The SMILES string of the molecule is CC1(c2ccc(I)cc2)C(=O)Nc2nc(-c3cn4ccnc4c(CCC(F)(F)C(F)(F)F)n3)nc(C#N)c21. The fourth-order valence-electron chi connectivity index (χ4n) is 4.31. The van der Waals surface area contributed by atoms with Crippen molar-refractivity contribution < 1.29 is 26.7 Å². The van der Waals surface area contributed by atoms with Crippen molar-refractivity contribution in [3.05, 3.63) is 68.9 Å². The molecule has 1 N–H and O–H groups in total. The summed E-state index contributed by atoms with van der Waals surface area (Å²) < 4.78 is 67.7. The molecule has 0 saturated carbocycles. The maximum absolute atomic E-state index is 13.6. The predicted molar refractivity (Wildman–Crippen MR) is 132 cm³/mol. The van der Waals surface area contributed by atoms with Crippen LogP contribution in [-0.2, 0) is 16.6 Å². The molecule has 194 valence electrons. The van der Waals surface area contributed by atoms with E-state index in [4.69, 9.17) is 0 Å². The molecule has 0 bridgehead atoms. The lowest BCUT2D eigenvalue weighted by atomic mass is 9.77. The average molecular weight is 639 g/mol. The topological polar surface area (TPSA) is 109 Å². The van der Waals surface area contributed by atoms with Crippen molar-refractivity contribution >= 4 is 40.0 Å². The summed E-state index contributed by atoms with van der Waals surface area (Å²) in [5, 5.41) is 12.6. The molecule has 1 aliphatic heterocycles. The molecule has 1 aliphatic rings. The molecule has 38 heavy (non-hydrogen) atoms. The number of alkyl halides is 5. The van der Waals surface area contributed by atoms with E-state index in [1.54, 1.807) is 19.1 Å². The molecule has 1 unspecified atom stereocenters. The van der Waals surface area contributed by atoms with Gasteiger partial charge in [0.25, 0.3) is 0 Å². The summed E-state index contributed by atoms with van der Waals surface area (Å²) in [5.74, 6) is -5.39. The maximum Gasteiger partial charge on any atom is 0.453 e. The Morgan fingerprint density at radius 2 is 1.84 bits per heavy atom. The molecule has 0 spiro atoms. The van der Waals surface area contributed by atoms with Gasteiger partial charge in [-0.1, -0.05) is 12.1 Å². The third-order valence-electron chi connectivity index (χ3n) is 6.39. The van der Waals surface area contributed by atoms with Gasteiger partial charge in [0.05, 0.1) is 11.3 Å². The number of rotatable bonds is 5. The first-order chi connectivity index (χ1) is 17.8. The highest BCUT2D eigenvalue weighted by molar-refractivity contribution is 14.1. The number of benzene rings is 1. The molecule has 1 aromatic carbocycles. The van der Waals surface area contributed by atoms with E-state index < -0.39 is 36.3 Å². The summed E-state index contributed by atoms with van der Waals surface area (Å²) in [4.78, 5) is 30.0. The molecule has 1 amide bonds. The van der Waals surface area contributed by atoms with E-state index in [0.29, 0.717) is 5.56 Å². The van der Waals surface area contributed by atoms with Crippen LogP contribution in [0.4, 0.5) is 27.8 Å². The zero-order valence-corrected chi connectivity index (χ0v) is 21.5. The molecule has 8 nitrogen and oxygen atoms in total. The third-order valence-corrected chi connectivity index (χ3v) is 7.10. The molecule has 4 heterocycles. The first-order valence-corrected chi connectivity index (χ1v) is 12.1. The van der Waals surface area contributed by atoms with Crippen LogP contribution in [0.25, 0.3) is 17.2 Å². The molecule has 0 radical (unpaired) electrons. The quantitative estimate of drug-likeness (QED) is 0.242. The zero-order valence-electron chi connectivity index (χ0n) is 19.3. The second-order valence-electron chi connectivity index (χ2n) is 8.75. The van der Waals surface area contributed by atoms with Gasteiger partial charge in [0.2, 0.25) is 5.91 Å². The van der Waals surface area contributed by atoms with Crippen LogP contribution in [0, 0.1) is 14.9 Å². The Kier molecular flexibility index (Phi) is 6.08. The van der Waals surface area contributed by atoms with Crippen LogP contribution < -0.4 is 5.32 Å². The van der Waals surface area contributed by atoms with Crippen LogP contribution in [0.3, 0.4) is 0 Å². The minimum absolute atomic E-state index is 0.00255. The highest BCUT2D eigenvalue weighted by Crippen LogP contribution is 2.44. The Hall–Kier alpha value is -3.74. The van der Waals surface area contributed by atoms with Crippen molar-refractivity contribution in [1.82, 2.24) is 24.3 Å². The van der Waals surface area contributed by atoms with E-state index in [0.717, 1.165) is 3.57 Å². The molecule has 0 aliphatic carbocycles. The largest absolute Gasteiger partial charge is 0.453 e. The van der Waals surface area contributed by atoms with Crippen molar-refractivity contribution in [3.63, 3.8) is 0 Å². The average Bonchev–Trinajstić information content (AvgIpc) is 3.44. The van der Waals surface area contributed by atoms with Gasteiger partial charge in [0.1, 0.15) is 23.0 Å². The number of nitrogens with zero attached hydrogens (tertiary/aromatic N) is 6. The number of hydrogen-bond acceptors (Lipinski definition) is 6. The zero-order chi connectivity index (χ0) is 27.5. The maximum atomic E-state index is 13.6. The molecule has 0 fully saturated rings. The molecule has 0 saturated heterocycles. The smallest absolute Gasteiger partial charge is 0.309 e. The number of anilines is 1. The first kappa shape index (κ1) is 25.9. The lowest BCUT2D eigenvalue weighted by Crippen LogP contribution is -2.36. The number of nitriles is 1. The van der Waals surface area contributed by atoms with E-state index in [9.17, 15) is 32.0 Å². The van der Waals surface area contributed by atoms with Crippen molar-refractivity contribution in [1.29, 1.82) is 5.26 Å². The van der Waals surface area contributed by atoms with Crippen LogP contribution in [0.1, 0.15) is 35.9 Å². The molecular formula is C24H15F5IN7O. The molecule has 14 heteroatoms. The summed E-state index contributed by atoms with van der Waals surface area (Å²) in [6, 6.07) is 9.16. The van der Waals surface area contributed by atoms with Gasteiger partial charge in [-0.2, -0.15) is 27.2 Å². The summed E-state index contributed by atoms with van der Waals surface area (Å²) in [6.45, 7) is 1.65. The predicted octanol–water partition coefficient (Wildman–Crippen LogP) is 5.05. The van der Waals surface area contributed by atoms with Crippen molar-refractivity contribution in [2.75, 3.05) is 5.32 Å². The second-order valence-corrected chi connectivity index (χ2v) is 10.00. The summed E-state index contributed by atoms with van der Waals surface area (Å²) in [5.41, 5.74) is -0.532. The highest BCUT2D eigenvalue weighted by Gasteiger charge is 2.56. The normalized spacial score (nSPS) is 17.4. The lowest BCUT2D eigenvalue weighted by Gasteiger charge is -2.23. The van der Waals surface area contributed by atoms with Gasteiger partial charge in [-0.15, -0.1) is 0 Å². The summed E-state index contributed by atoms with van der Waals surface area (Å²) in [7, 11) is 0. The van der Waals surface area contributed by atoms with Gasteiger partial charge in [-0.25, -0.2) is 19.9 Å². The number of aryl methyl sites for hydroxylation is 1. The van der Waals surface area contributed by atoms with Gasteiger partial charge in [0.15, 0.2) is 17.2 Å². The number of amides is 1. The number of imidazole rings is 1. The minimum Gasteiger partial charge on any atom is -0.309 e. The van der Waals surface area contributed by atoms with Gasteiger partial charge in [0, 0.05) is 28.6 Å². The second kappa shape index (κ2) is 8.93. The fraction of sp³-hybridized carbons (Fsp3) is 0.250. The Morgan fingerprint density at radius 3 is 2.50 bits per heavy atom. The van der Waals surface area contributed by atoms with Crippen molar-refractivity contribution in [3.8, 4) is 17.6 Å². The van der Waals surface area contributed by atoms with Crippen LogP contribution in [0.5, 0.6) is 0 Å². The number of aromatic nitrogens is 5. The van der Waals surface area contributed by atoms with E-state index in [2.05, 4.69) is 47.8 Å². The van der Waals surface area contributed by atoms with E-state index >= 15 is 0 Å². The number of carbonyl (C=O) groups is 1. The number of fused-ring (bicyclic) bond motifs is 2. The summed E-state index contributed by atoms with van der Waals surface area (Å²) >= 11 is 2.13. The van der Waals surface area contributed by atoms with Crippen LogP contribution >= 0.6 is 22.6 Å². The molecular weight excluding hydrogens is 624 g/mol. The highest BCUT2D eigenvalue weighted by atomic mass is 127. The lowest BCUT2D eigenvalue weighted by molar-refractivity contribution is -0.284. The van der Waals surface area contributed by atoms with Gasteiger partial charge in [-0.3, -0.25) is 4.79 Å². The van der Waals surface area contributed by atoms with Crippen molar-refractivity contribution in [2.24, 2.45) is 0 Å². The Morgan fingerprint density at radius 1 is 1.13 bits per heavy atom. The van der Waals surface area contributed by atoms with E-state index in [-0.39, 0.29) is 39.9 Å². The standard InChI is InChI=1S/C24H15F5IN7O/c1-22(12-2-4-13(30)5-3-12)17-15(10-31)34-18(35-19(17)36-21(22)38)16-11-37-9-8-32-20(37)14(33-16)6-7-23(25,26)24(27,28)29/h2-5,8-9,11H,6-7H2,1H3,(H,34,35,36,38). The summed E-state index contributed by atoms with van der Waals surface area (Å²) in [6.07, 6.45) is -3.77. The third kappa shape index (κ3) is 4.14. The van der Waals surface area contributed by atoms with Crippen LogP contribution in [-0.4, -0.2) is 42.3 Å². The fourth-order valence-corrected chi connectivity index (χ4v) is 4.67. The van der Waals surface area contributed by atoms with Gasteiger partial charge in [-0.05, 0) is 53.6 Å². The van der Waals surface area contributed by atoms with Crippen LogP contribution in [0.15, 0.2) is 42.9 Å². The Bertz CT molecular complexity index is 1630. The molecule has 3 aromatic heterocycles. The Labute approximate surface area is 225 Å². The Balaban J connectivity index is 1.60. The molecule has 5 rings (SSSR count). The number of carbonyl (C=O) groups excluding carboxylic acids is 1. The number of halogens is 6. The van der Waals surface area contributed by atoms with Crippen molar-refractivity contribution in [2.45, 2.75) is 37.3 Å². The van der Waals surface area contributed by atoms with E-state index in [1.165, 1.54) is 23.0 Å². The monoisotopic (exact) mass is 639 g/mol. The van der Waals surface area contributed by atoms with Gasteiger partial charge < -0.3 is 9.72 Å². The minimum atomic E-state index is -5.71. The van der Waals surface area contributed by atoms with E-state index in [1.807, 2.05) is 18.2 Å². The molecule has 1 atom stereocenters.